The Hall–Kier alpha value is -3.21. The van der Waals surface area contributed by atoms with Crippen LogP contribution in [0.1, 0.15) is 50.3 Å². The lowest BCUT2D eigenvalue weighted by atomic mass is 9.56. The molecule has 0 saturated heterocycles. The average Bonchev–Trinajstić information content (AvgIpc) is 2.83. The topological polar surface area (TPSA) is 148 Å². The number of rotatable bonds is 8. The zero-order valence-electron chi connectivity index (χ0n) is 23.8. The molecule has 0 heterocycles. The van der Waals surface area contributed by atoms with Crippen molar-refractivity contribution in [3.05, 3.63) is 57.6 Å². The molecule has 0 spiro atoms. The molecule has 218 valence electrons. The Labute approximate surface area is 234 Å². The Kier molecular flexibility index (Phi) is 7.92. The van der Waals surface area contributed by atoms with E-state index in [4.69, 9.17) is 5.73 Å². The third kappa shape index (κ3) is 4.52. The molecule has 3 aliphatic carbocycles. The number of aliphatic hydroxyl groups excluding tert-OH is 2. The summed E-state index contributed by atoms with van der Waals surface area (Å²) in [7, 11) is 3.25. The van der Waals surface area contributed by atoms with Crippen LogP contribution in [-0.2, 0) is 22.6 Å². The second kappa shape index (κ2) is 10.6. The minimum absolute atomic E-state index is 0.00197. The highest BCUT2D eigenvalue weighted by molar-refractivity contribution is 6.13. The van der Waals surface area contributed by atoms with Crippen LogP contribution in [-0.4, -0.2) is 80.7 Å². The standard InChI is InChI=1S/C30H40FN3O6/c1-7-8-34(12-14(2)3)13-17-11-20(35)23-18(24(17)31)9-16-10-19-25(33(5)6)27(37)21(29(32)39)15(4)30(19,40)28(38)22(16)26(23)36/h11,14,16,19,25,35-37,40H,4,7-10,12-13H2,1-3,5-6H3,(H2,32,39)/t16-,19-,25-,30-/m0/s1. The normalized spacial score (nSPS) is 26.5. The Morgan fingerprint density at radius 2 is 1.93 bits per heavy atom. The largest absolute Gasteiger partial charge is 0.510 e. The molecular formula is C30H40FN3O6. The maximum atomic E-state index is 16.1. The Bertz CT molecular complexity index is 1330. The van der Waals surface area contributed by atoms with E-state index in [0.29, 0.717) is 11.5 Å². The first-order chi connectivity index (χ1) is 18.7. The molecule has 0 radical (unpaired) electrons. The van der Waals surface area contributed by atoms with Crippen LogP contribution in [0.15, 0.2) is 35.1 Å². The minimum Gasteiger partial charge on any atom is -0.510 e. The highest BCUT2D eigenvalue weighted by Gasteiger charge is 2.62. The summed E-state index contributed by atoms with van der Waals surface area (Å²) in [6.07, 6.45) is 0.945. The van der Waals surface area contributed by atoms with Crippen molar-refractivity contribution in [1.29, 1.82) is 0 Å². The van der Waals surface area contributed by atoms with Gasteiger partial charge in [0.05, 0.1) is 17.2 Å². The number of nitrogens with two attached hydrogens (primary N) is 1. The highest BCUT2D eigenvalue weighted by Crippen LogP contribution is 2.54. The number of halogens is 1. The van der Waals surface area contributed by atoms with Crippen LogP contribution in [0.3, 0.4) is 0 Å². The van der Waals surface area contributed by atoms with E-state index in [1.807, 2.05) is 6.92 Å². The van der Waals surface area contributed by atoms with Crippen LogP contribution in [0.2, 0.25) is 0 Å². The predicted molar refractivity (Wildman–Crippen MR) is 149 cm³/mol. The molecule has 6 N–H and O–H groups in total. The Morgan fingerprint density at radius 3 is 2.48 bits per heavy atom. The van der Waals surface area contributed by atoms with Crippen LogP contribution in [0, 0.1) is 23.6 Å². The van der Waals surface area contributed by atoms with Gasteiger partial charge >= 0.3 is 0 Å². The first kappa shape index (κ1) is 29.8. The molecule has 1 aromatic carbocycles. The van der Waals surface area contributed by atoms with Gasteiger partial charge in [0.2, 0.25) is 0 Å². The Morgan fingerprint density at radius 1 is 1.27 bits per heavy atom. The summed E-state index contributed by atoms with van der Waals surface area (Å²) in [6.45, 7) is 11.7. The predicted octanol–water partition coefficient (Wildman–Crippen LogP) is 2.96. The lowest BCUT2D eigenvalue weighted by Gasteiger charge is -2.52. The molecule has 0 aliphatic heterocycles. The number of primary amides is 1. The molecule has 3 aliphatic rings. The van der Waals surface area contributed by atoms with Gasteiger partial charge in [0.1, 0.15) is 23.1 Å². The van der Waals surface area contributed by atoms with Gasteiger partial charge in [0, 0.05) is 41.3 Å². The molecule has 0 aromatic heterocycles. The number of phenolic OH excluding ortho intramolecular Hbond substituents is 1. The van der Waals surface area contributed by atoms with Crippen LogP contribution < -0.4 is 5.73 Å². The quantitative estimate of drug-likeness (QED) is 0.328. The second-order valence-electron chi connectivity index (χ2n) is 12.0. The number of hydrogen-bond donors (Lipinski definition) is 5. The van der Waals surface area contributed by atoms with E-state index in [9.17, 15) is 30.0 Å². The maximum absolute atomic E-state index is 16.1. The third-order valence-corrected chi connectivity index (χ3v) is 8.47. The number of carbonyl (C=O) groups excluding carboxylic acids is 2. The van der Waals surface area contributed by atoms with Gasteiger partial charge in [-0.05, 0) is 57.8 Å². The molecule has 0 bridgehead atoms. The molecule has 9 nitrogen and oxygen atoms in total. The smallest absolute Gasteiger partial charge is 0.252 e. The van der Waals surface area contributed by atoms with Gasteiger partial charge in [-0.3, -0.25) is 19.4 Å². The number of amides is 1. The van der Waals surface area contributed by atoms with E-state index in [1.54, 1.807) is 19.0 Å². The number of ketones is 1. The summed E-state index contributed by atoms with van der Waals surface area (Å²) >= 11 is 0. The number of carbonyl (C=O) groups is 2. The number of aliphatic hydroxyl groups is 3. The number of likely N-dealkylation sites (N-methyl/N-ethyl adjacent to an activating group) is 1. The summed E-state index contributed by atoms with van der Waals surface area (Å²) in [5.74, 6) is -5.18. The summed E-state index contributed by atoms with van der Waals surface area (Å²) in [5.41, 5.74) is 2.43. The van der Waals surface area contributed by atoms with Gasteiger partial charge < -0.3 is 26.2 Å². The van der Waals surface area contributed by atoms with Crippen LogP contribution >= 0.6 is 0 Å². The molecular weight excluding hydrogens is 517 g/mol. The van der Waals surface area contributed by atoms with Crippen LogP contribution in [0.25, 0.3) is 5.76 Å². The summed E-state index contributed by atoms with van der Waals surface area (Å²) in [4.78, 5) is 29.9. The summed E-state index contributed by atoms with van der Waals surface area (Å²) < 4.78 is 16.1. The molecule has 40 heavy (non-hydrogen) atoms. The van der Waals surface area contributed by atoms with E-state index in [0.717, 1.165) is 19.5 Å². The number of Topliss-reactive ketones (excluding diaryl/α,β-unsaturated/α-hetero) is 1. The molecule has 1 saturated carbocycles. The van der Waals surface area contributed by atoms with E-state index >= 15 is 4.39 Å². The molecule has 4 rings (SSSR count). The van der Waals surface area contributed by atoms with Crippen molar-refractivity contribution >= 4 is 17.4 Å². The first-order valence-corrected chi connectivity index (χ1v) is 13.7. The van der Waals surface area contributed by atoms with E-state index < -0.39 is 58.1 Å². The molecule has 1 fully saturated rings. The SMILES string of the molecule is C=C1C(C(N)=O)=C(O)[C@@H](N(C)C)[C@@H]2C[C@@H]3Cc4c(F)c(CN(CCC)CC(C)C)cc(O)c4C(O)=C3C(=O)[C@]12O. The van der Waals surface area contributed by atoms with Crippen molar-refractivity contribution < 1.29 is 34.4 Å². The summed E-state index contributed by atoms with van der Waals surface area (Å²) in [5, 5.41) is 45.1. The van der Waals surface area contributed by atoms with Crippen molar-refractivity contribution in [2.45, 2.75) is 58.2 Å². The third-order valence-electron chi connectivity index (χ3n) is 8.47. The van der Waals surface area contributed by atoms with Gasteiger partial charge in [-0.15, -0.1) is 0 Å². The minimum atomic E-state index is -2.35. The fourth-order valence-electron chi connectivity index (χ4n) is 6.94. The van der Waals surface area contributed by atoms with Gasteiger partial charge in [0.15, 0.2) is 11.4 Å². The average molecular weight is 558 g/mol. The number of nitrogens with zero attached hydrogens (tertiary/aromatic N) is 2. The maximum Gasteiger partial charge on any atom is 0.252 e. The lowest BCUT2D eigenvalue weighted by Crippen LogP contribution is -2.63. The fraction of sp³-hybridized carbons (Fsp3) is 0.533. The van der Waals surface area contributed by atoms with E-state index in [-0.39, 0.29) is 47.4 Å². The van der Waals surface area contributed by atoms with E-state index in [2.05, 4.69) is 25.3 Å². The number of aromatic hydroxyl groups is 1. The lowest BCUT2D eigenvalue weighted by molar-refractivity contribution is -0.143. The van der Waals surface area contributed by atoms with Crippen LogP contribution in [0.4, 0.5) is 4.39 Å². The van der Waals surface area contributed by atoms with Crippen molar-refractivity contribution in [2.24, 2.45) is 23.5 Å². The van der Waals surface area contributed by atoms with Crippen molar-refractivity contribution in [2.75, 3.05) is 27.2 Å². The van der Waals surface area contributed by atoms with Crippen molar-refractivity contribution in [3.8, 4) is 5.75 Å². The monoisotopic (exact) mass is 557 g/mol. The van der Waals surface area contributed by atoms with E-state index in [1.165, 1.54) is 6.07 Å². The van der Waals surface area contributed by atoms with Crippen LogP contribution in [0.5, 0.6) is 5.75 Å². The van der Waals surface area contributed by atoms with Crippen molar-refractivity contribution in [1.82, 2.24) is 9.80 Å². The first-order valence-electron chi connectivity index (χ1n) is 13.7. The number of phenols is 1. The molecule has 4 atom stereocenters. The molecule has 1 amide bonds. The van der Waals surface area contributed by atoms with Crippen molar-refractivity contribution in [3.63, 3.8) is 0 Å². The van der Waals surface area contributed by atoms with Gasteiger partial charge in [-0.2, -0.15) is 0 Å². The second-order valence-corrected chi connectivity index (χ2v) is 12.0. The number of hydrogen-bond acceptors (Lipinski definition) is 8. The zero-order valence-corrected chi connectivity index (χ0v) is 23.8. The Balaban J connectivity index is 1.84. The number of benzene rings is 1. The molecule has 10 heteroatoms. The van der Waals surface area contributed by atoms with Gasteiger partial charge in [0.25, 0.3) is 5.91 Å². The fourth-order valence-corrected chi connectivity index (χ4v) is 6.94. The molecule has 1 aromatic rings. The zero-order chi connectivity index (χ0) is 29.8. The van der Waals surface area contributed by atoms with Gasteiger partial charge in [-0.1, -0.05) is 27.4 Å². The highest BCUT2D eigenvalue weighted by atomic mass is 19.1. The van der Waals surface area contributed by atoms with Gasteiger partial charge in [-0.25, -0.2) is 4.39 Å². The molecule has 0 unspecified atom stereocenters. The summed E-state index contributed by atoms with van der Waals surface area (Å²) in [6, 6.07) is 0.322. The number of fused-ring (bicyclic) bond motifs is 3.